The Morgan fingerprint density at radius 1 is 1.12 bits per heavy atom. The topological polar surface area (TPSA) is 69.2 Å². The van der Waals surface area contributed by atoms with Crippen molar-refractivity contribution in [3.8, 4) is 5.75 Å². The van der Waals surface area contributed by atoms with Crippen molar-refractivity contribution in [3.05, 3.63) is 30.6 Å². The molecule has 5 nitrogen and oxygen atoms in total. The summed E-state index contributed by atoms with van der Waals surface area (Å²) in [4.78, 5) is 21.4. The number of fused-ring (bicyclic) bond motifs is 1. The van der Waals surface area contributed by atoms with Crippen LogP contribution in [0.1, 0.15) is 0 Å². The zero-order valence-electron chi connectivity index (χ0n) is 7.88. The molecule has 0 fully saturated rings. The van der Waals surface area contributed by atoms with Crippen LogP contribution >= 0.6 is 11.6 Å². The lowest BCUT2D eigenvalue weighted by molar-refractivity contribution is -0.143. The highest BCUT2D eigenvalue weighted by Gasteiger charge is 2.12. The second kappa shape index (κ2) is 4.24. The molecule has 0 aliphatic carbocycles. The number of halogens is 1. The van der Waals surface area contributed by atoms with E-state index in [1.165, 1.54) is 6.20 Å². The molecule has 2 rings (SSSR count). The van der Waals surface area contributed by atoms with E-state index < -0.39 is 11.2 Å². The summed E-state index contributed by atoms with van der Waals surface area (Å²) in [5.74, 6) is -0.873. The van der Waals surface area contributed by atoms with Crippen LogP contribution in [-0.2, 0) is 9.59 Å². The van der Waals surface area contributed by atoms with Crippen molar-refractivity contribution in [2.45, 2.75) is 0 Å². The van der Waals surface area contributed by atoms with Crippen LogP contribution in [-0.4, -0.2) is 21.4 Å². The number of carbonyl (C=O) groups is 2. The number of benzene rings is 1. The first-order valence-corrected chi connectivity index (χ1v) is 4.67. The van der Waals surface area contributed by atoms with E-state index in [-0.39, 0.29) is 5.75 Å². The van der Waals surface area contributed by atoms with E-state index in [0.29, 0.717) is 0 Å². The number of esters is 1. The van der Waals surface area contributed by atoms with Crippen molar-refractivity contribution < 1.29 is 14.3 Å². The molecule has 0 bridgehead atoms. The molecule has 0 atom stereocenters. The van der Waals surface area contributed by atoms with Gasteiger partial charge < -0.3 is 4.74 Å². The molecule has 0 saturated heterocycles. The largest absolute Gasteiger partial charge is 0.420 e. The lowest BCUT2D eigenvalue weighted by Crippen LogP contribution is -2.14. The summed E-state index contributed by atoms with van der Waals surface area (Å²) in [6.07, 6.45) is 3.10. The summed E-state index contributed by atoms with van der Waals surface area (Å²) in [5.41, 5.74) is 0. The maximum Gasteiger partial charge on any atom is 0.396 e. The number of rotatable bonds is 2. The van der Waals surface area contributed by atoms with Gasteiger partial charge in [-0.25, -0.2) is 4.79 Å². The van der Waals surface area contributed by atoms with Crippen LogP contribution in [0.2, 0.25) is 0 Å². The highest BCUT2D eigenvalue weighted by atomic mass is 35.5. The molecule has 0 saturated carbocycles. The minimum absolute atomic E-state index is 0.236. The average Bonchev–Trinajstić information content (AvgIpc) is 2.28. The highest BCUT2D eigenvalue weighted by Crippen LogP contribution is 2.19. The molecule has 1 aromatic carbocycles. The van der Waals surface area contributed by atoms with Gasteiger partial charge in [0.05, 0.1) is 12.4 Å². The third kappa shape index (κ3) is 2.14. The van der Waals surface area contributed by atoms with E-state index in [9.17, 15) is 9.59 Å². The summed E-state index contributed by atoms with van der Waals surface area (Å²) in [5, 5.41) is 7.83. The molecular weight excluding hydrogens is 232 g/mol. The maximum atomic E-state index is 10.9. The molecule has 0 aliphatic heterocycles. The number of hydrogen-bond acceptors (Lipinski definition) is 5. The van der Waals surface area contributed by atoms with Gasteiger partial charge in [-0.2, -0.15) is 10.2 Å². The molecule has 0 spiro atoms. The summed E-state index contributed by atoms with van der Waals surface area (Å²) in [6.45, 7) is 0. The molecule has 0 N–H and O–H groups in total. The Morgan fingerprint density at radius 3 is 2.50 bits per heavy atom. The summed E-state index contributed by atoms with van der Waals surface area (Å²) in [7, 11) is 0. The van der Waals surface area contributed by atoms with Gasteiger partial charge >= 0.3 is 11.2 Å². The van der Waals surface area contributed by atoms with E-state index in [4.69, 9.17) is 16.3 Å². The Bertz CT molecular complexity index is 571. The Labute approximate surface area is 95.0 Å². The van der Waals surface area contributed by atoms with Gasteiger partial charge in [0.25, 0.3) is 0 Å². The average molecular weight is 237 g/mol. The van der Waals surface area contributed by atoms with Gasteiger partial charge in [-0.15, -0.1) is 0 Å². The third-order valence-corrected chi connectivity index (χ3v) is 2.04. The Morgan fingerprint density at radius 2 is 1.81 bits per heavy atom. The van der Waals surface area contributed by atoms with E-state index in [1.807, 2.05) is 0 Å². The zero-order chi connectivity index (χ0) is 11.5. The molecule has 80 valence electrons. The summed E-state index contributed by atoms with van der Waals surface area (Å²) >= 11 is 4.96. The molecule has 2 aromatic rings. The van der Waals surface area contributed by atoms with Gasteiger partial charge in [-0.1, -0.05) is 0 Å². The van der Waals surface area contributed by atoms with Crippen LogP contribution in [0, 0.1) is 0 Å². The molecule has 16 heavy (non-hydrogen) atoms. The molecule has 0 amide bonds. The number of aromatic nitrogens is 2. The fourth-order valence-electron chi connectivity index (χ4n) is 1.18. The number of carbonyl (C=O) groups excluding carboxylic acids is 2. The smallest absolute Gasteiger partial charge is 0.396 e. The third-order valence-electron chi connectivity index (χ3n) is 1.89. The predicted octanol–water partition coefficient (Wildman–Crippen LogP) is 1.30. The van der Waals surface area contributed by atoms with Crippen LogP contribution in [0.15, 0.2) is 30.6 Å². The van der Waals surface area contributed by atoms with E-state index in [0.717, 1.165) is 10.8 Å². The Kier molecular flexibility index (Phi) is 2.78. The molecule has 0 radical (unpaired) electrons. The second-order valence-electron chi connectivity index (χ2n) is 2.94. The van der Waals surface area contributed by atoms with Crippen LogP contribution in [0.25, 0.3) is 10.8 Å². The number of ether oxygens (including phenoxy) is 1. The lowest BCUT2D eigenvalue weighted by atomic mass is 10.2. The van der Waals surface area contributed by atoms with Crippen LogP contribution in [0.4, 0.5) is 0 Å². The first-order chi connectivity index (χ1) is 7.66. The fourth-order valence-corrected chi connectivity index (χ4v) is 1.22. The van der Waals surface area contributed by atoms with Crippen molar-refractivity contribution in [3.63, 3.8) is 0 Å². The second-order valence-corrected chi connectivity index (χ2v) is 3.29. The fraction of sp³-hybridized carbons (Fsp3) is 0. The summed E-state index contributed by atoms with van der Waals surface area (Å²) in [6, 6.07) is 4.81. The van der Waals surface area contributed by atoms with Crippen LogP contribution < -0.4 is 4.74 Å². The summed E-state index contributed by atoms with van der Waals surface area (Å²) < 4.78 is 4.72. The lowest BCUT2D eigenvalue weighted by Gasteiger charge is -2.02. The molecule has 1 heterocycles. The van der Waals surface area contributed by atoms with Crippen molar-refractivity contribution in [1.29, 1.82) is 0 Å². The van der Waals surface area contributed by atoms with Gasteiger partial charge in [0.2, 0.25) is 0 Å². The normalized spacial score (nSPS) is 10.1. The Balaban J connectivity index is 2.33. The van der Waals surface area contributed by atoms with Crippen LogP contribution in [0.5, 0.6) is 5.75 Å². The van der Waals surface area contributed by atoms with E-state index in [2.05, 4.69) is 10.2 Å². The van der Waals surface area contributed by atoms with E-state index in [1.54, 1.807) is 24.4 Å². The Hall–Kier alpha value is -2.01. The quantitative estimate of drug-likeness (QED) is 0.340. The number of hydrogen-bond donors (Lipinski definition) is 0. The van der Waals surface area contributed by atoms with Gasteiger partial charge in [0, 0.05) is 10.8 Å². The first kappa shape index (κ1) is 10.5. The van der Waals surface area contributed by atoms with Crippen molar-refractivity contribution in [2.75, 3.05) is 0 Å². The molecular formula is C10H5ClN2O3. The number of nitrogens with zero attached hydrogens (tertiary/aromatic N) is 2. The van der Waals surface area contributed by atoms with Gasteiger partial charge in [-0.3, -0.25) is 4.79 Å². The minimum Gasteiger partial charge on any atom is -0.420 e. The van der Waals surface area contributed by atoms with Gasteiger partial charge in [0.1, 0.15) is 5.75 Å². The van der Waals surface area contributed by atoms with Crippen molar-refractivity contribution in [2.24, 2.45) is 0 Å². The molecule has 1 aromatic heterocycles. The van der Waals surface area contributed by atoms with E-state index >= 15 is 0 Å². The molecule has 0 aliphatic rings. The van der Waals surface area contributed by atoms with Crippen molar-refractivity contribution >= 4 is 33.6 Å². The highest BCUT2D eigenvalue weighted by molar-refractivity contribution is 6.80. The van der Waals surface area contributed by atoms with Gasteiger partial charge in [-0.05, 0) is 29.8 Å². The molecule has 0 unspecified atom stereocenters. The maximum absolute atomic E-state index is 10.9. The molecule has 6 heteroatoms. The zero-order valence-corrected chi connectivity index (χ0v) is 8.64. The SMILES string of the molecule is O=C(Cl)C(=O)Oc1ccc2cnncc2c1. The van der Waals surface area contributed by atoms with Gasteiger partial charge in [0.15, 0.2) is 0 Å². The minimum atomic E-state index is -1.16. The van der Waals surface area contributed by atoms with Crippen LogP contribution in [0.3, 0.4) is 0 Å². The standard InChI is InChI=1S/C10H5ClN2O3/c11-9(14)10(15)16-8-2-1-6-4-12-13-5-7(6)3-8/h1-5H. The van der Waals surface area contributed by atoms with Crippen molar-refractivity contribution in [1.82, 2.24) is 10.2 Å². The predicted molar refractivity (Wildman–Crippen MR) is 56.0 cm³/mol. The first-order valence-electron chi connectivity index (χ1n) is 4.29. The monoisotopic (exact) mass is 236 g/mol.